The summed E-state index contributed by atoms with van der Waals surface area (Å²) in [6, 6.07) is 8.20. The van der Waals surface area contributed by atoms with E-state index in [4.69, 9.17) is 0 Å². The van der Waals surface area contributed by atoms with E-state index in [0.717, 1.165) is 5.56 Å². The molecule has 2 aromatic rings. The molecule has 0 heterocycles. The summed E-state index contributed by atoms with van der Waals surface area (Å²) in [7, 11) is 0. The maximum atomic E-state index is 13.5. The van der Waals surface area contributed by atoms with Gasteiger partial charge in [-0.2, -0.15) is 0 Å². The largest absolute Gasteiger partial charge is 0.507 e. The zero-order valence-electron chi connectivity index (χ0n) is 11.8. The van der Waals surface area contributed by atoms with Crippen LogP contribution in [-0.4, -0.2) is 22.7 Å². The minimum Gasteiger partial charge on any atom is -0.507 e. The Labute approximate surface area is 126 Å². The second-order valence-electron chi connectivity index (χ2n) is 4.92. The van der Waals surface area contributed by atoms with Crippen LogP contribution < -0.4 is 5.32 Å². The zero-order valence-corrected chi connectivity index (χ0v) is 11.8. The van der Waals surface area contributed by atoms with Crippen LogP contribution in [0, 0.1) is 18.6 Å². The number of aliphatic hydroxyl groups excluding tert-OH is 1. The van der Waals surface area contributed by atoms with Crippen LogP contribution in [0.4, 0.5) is 8.78 Å². The first-order chi connectivity index (χ1) is 10.4. The van der Waals surface area contributed by atoms with E-state index in [2.05, 4.69) is 5.32 Å². The first-order valence-electron chi connectivity index (χ1n) is 6.59. The normalized spacial score (nSPS) is 12.0. The van der Waals surface area contributed by atoms with Crippen LogP contribution in [0.25, 0.3) is 0 Å². The lowest BCUT2D eigenvalue weighted by Gasteiger charge is -2.13. The molecule has 22 heavy (non-hydrogen) atoms. The number of hydrogen-bond donors (Lipinski definition) is 3. The Morgan fingerprint density at radius 1 is 1.23 bits per heavy atom. The maximum Gasteiger partial charge on any atom is 0.258 e. The summed E-state index contributed by atoms with van der Waals surface area (Å²) in [4.78, 5) is 11.8. The van der Waals surface area contributed by atoms with Crippen molar-refractivity contribution >= 4 is 5.91 Å². The average Bonchev–Trinajstić information content (AvgIpc) is 2.44. The third-order valence-electron chi connectivity index (χ3n) is 3.18. The van der Waals surface area contributed by atoms with Crippen molar-refractivity contribution < 1.29 is 23.8 Å². The van der Waals surface area contributed by atoms with Crippen LogP contribution in [0.1, 0.15) is 27.6 Å². The van der Waals surface area contributed by atoms with Gasteiger partial charge in [-0.1, -0.05) is 29.8 Å². The van der Waals surface area contributed by atoms with Crippen molar-refractivity contribution in [3.8, 4) is 5.75 Å². The van der Waals surface area contributed by atoms with Gasteiger partial charge in [0.25, 0.3) is 5.91 Å². The van der Waals surface area contributed by atoms with Gasteiger partial charge in [-0.15, -0.1) is 0 Å². The molecule has 1 amide bonds. The molecule has 0 aliphatic rings. The number of hydrogen-bond acceptors (Lipinski definition) is 3. The van der Waals surface area contributed by atoms with Gasteiger partial charge in [-0.3, -0.25) is 4.79 Å². The number of nitrogens with one attached hydrogen (secondary N) is 1. The number of aryl methyl sites for hydroxylation is 1. The first kappa shape index (κ1) is 15.9. The van der Waals surface area contributed by atoms with Crippen molar-refractivity contribution in [3.63, 3.8) is 0 Å². The van der Waals surface area contributed by atoms with E-state index in [-0.39, 0.29) is 6.54 Å². The Hall–Kier alpha value is -2.47. The third kappa shape index (κ3) is 3.59. The molecule has 0 bridgehead atoms. The summed E-state index contributed by atoms with van der Waals surface area (Å²) < 4.78 is 26.4. The number of carbonyl (C=O) groups excluding carboxylic acids is 1. The third-order valence-corrected chi connectivity index (χ3v) is 3.18. The lowest BCUT2D eigenvalue weighted by molar-refractivity contribution is 0.0909. The van der Waals surface area contributed by atoms with Crippen molar-refractivity contribution in [3.05, 3.63) is 64.7 Å². The van der Waals surface area contributed by atoms with Crippen molar-refractivity contribution in [2.45, 2.75) is 13.0 Å². The number of amides is 1. The van der Waals surface area contributed by atoms with Gasteiger partial charge in [-0.05, 0) is 12.5 Å². The summed E-state index contributed by atoms with van der Waals surface area (Å²) in [5.41, 5.74) is 0.963. The van der Waals surface area contributed by atoms with Gasteiger partial charge in [0.15, 0.2) is 0 Å². The van der Waals surface area contributed by atoms with Gasteiger partial charge in [0, 0.05) is 18.7 Å². The molecule has 1 atom stereocenters. The van der Waals surface area contributed by atoms with Gasteiger partial charge in [0.05, 0.1) is 6.10 Å². The SMILES string of the molecule is Cc1ccc(C(O)CNC(=O)c2c(O)cc(F)cc2F)cc1. The number of phenols is 1. The molecular formula is C16H15F2NO3. The Kier molecular flexibility index (Phi) is 4.72. The number of rotatable bonds is 4. The molecule has 3 N–H and O–H groups in total. The summed E-state index contributed by atoms with van der Waals surface area (Å²) in [6.45, 7) is 1.73. The molecule has 0 fully saturated rings. The predicted molar refractivity (Wildman–Crippen MR) is 76.5 cm³/mol. The fourth-order valence-electron chi connectivity index (χ4n) is 1.97. The molecule has 2 aromatic carbocycles. The molecular weight excluding hydrogens is 292 g/mol. The second kappa shape index (κ2) is 6.53. The molecule has 6 heteroatoms. The molecule has 0 aromatic heterocycles. The minimum atomic E-state index is -1.17. The van der Waals surface area contributed by atoms with E-state index in [9.17, 15) is 23.8 Å². The molecule has 4 nitrogen and oxygen atoms in total. The lowest BCUT2D eigenvalue weighted by Crippen LogP contribution is -2.29. The average molecular weight is 307 g/mol. The monoisotopic (exact) mass is 307 g/mol. The fraction of sp³-hybridized carbons (Fsp3) is 0.188. The first-order valence-corrected chi connectivity index (χ1v) is 6.59. The van der Waals surface area contributed by atoms with Crippen LogP contribution >= 0.6 is 0 Å². The van der Waals surface area contributed by atoms with Gasteiger partial charge in [0.2, 0.25) is 0 Å². The number of aliphatic hydroxyl groups is 1. The van der Waals surface area contributed by atoms with E-state index < -0.39 is 35.0 Å². The van der Waals surface area contributed by atoms with Crippen LogP contribution in [0.15, 0.2) is 36.4 Å². The highest BCUT2D eigenvalue weighted by molar-refractivity contribution is 5.97. The van der Waals surface area contributed by atoms with Gasteiger partial charge >= 0.3 is 0 Å². The summed E-state index contributed by atoms with van der Waals surface area (Å²) in [6.07, 6.45) is -0.977. The highest BCUT2D eigenvalue weighted by Crippen LogP contribution is 2.22. The molecule has 0 aliphatic carbocycles. The van der Waals surface area contributed by atoms with Crippen LogP contribution in [0.3, 0.4) is 0 Å². The van der Waals surface area contributed by atoms with Crippen molar-refractivity contribution in [1.82, 2.24) is 5.32 Å². The highest BCUT2D eigenvalue weighted by atomic mass is 19.1. The smallest absolute Gasteiger partial charge is 0.258 e. The molecule has 0 saturated heterocycles. The minimum absolute atomic E-state index is 0.169. The number of aromatic hydroxyl groups is 1. The van der Waals surface area contributed by atoms with Gasteiger partial charge in [0.1, 0.15) is 22.9 Å². The maximum absolute atomic E-state index is 13.5. The van der Waals surface area contributed by atoms with Crippen LogP contribution in [-0.2, 0) is 0 Å². The quantitative estimate of drug-likeness (QED) is 0.812. The van der Waals surface area contributed by atoms with Crippen molar-refractivity contribution in [2.24, 2.45) is 0 Å². The highest BCUT2D eigenvalue weighted by Gasteiger charge is 2.19. The Morgan fingerprint density at radius 2 is 1.86 bits per heavy atom. The number of halogens is 2. The number of phenolic OH excluding ortho intramolecular Hbond substituents is 1. The lowest BCUT2D eigenvalue weighted by atomic mass is 10.1. The Morgan fingerprint density at radius 3 is 2.45 bits per heavy atom. The van der Waals surface area contributed by atoms with Crippen molar-refractivity contribution in [2.75, 3.05) is 6.54 Å². The molecule has 0 radical (unpaired) electrons. The van der Waals surface area contributed by atoms with E-state index in [0.29, 0.717) is 17.7 Å². The molecule has 0 saturated carbocycles. The summed E-state index contributed by atoms with van der Waals surface area (Å²) >= 11 is 0. The summed E-state index contributed by atoms with van der Waals surface area (Å²) in [5.74, 6) is -3.87. The Bertz CT molecular complexity index is 663. The number of carbonyl (C=O) groups is 1. The van der Waals surface area contributed by atoms with E-state index in [1.165, 1.54) is 0 Å². The van der Waals surface area contributed by atoms with Crippen molar-refractivity contribution in [1.29, 1.82) is 0 Å². The fourth-order valence-corrected chi connectivity index (χ4v) is 1.97. The number of benzene rings is 2. The predicted octanol–water partition coefficient (Wildman–Crippen LogP) is 2.44. The van der Waals surface area contributed by atoms with Gasteiger partial charge < -0.3 is 15.5 Å². The summed E-state index contributed by atoms with van der Waals surface area (Å²) in [5, 5.41) is 21.7. The van der Waals surface area contributed by atoms with Crippen LogP contribution in [0.2, 0.25) is 0 Å². The van der Waals surface area contributed by atoms with Gasteiger partial charge in [-0.25, -0.2) is 8.78 Å². The molecule has 0 aliphatic heterocycles. The van der Waals surface area contributed by atoms with Crippen LogP contribution in [0.5, 0.6) is 5.75 Å². The molecule has 1 unspecified atom stereocenters. The standard InChI is InChI=1S/C16H15F2NO3/c1-9-2-4-10(5-3-9)14(21)8-19-16(22)15-12(18)6-11(17)7-13(15)20/h2-7,14,20-21H,8H2,1H3,(H,19,22). The van der Waals surface area contributed by atoms with E-state index >= 15 is 0 Å². The van der Waals surface area contributed by atoms with E-state index in [1.54, 1.807) is 12.1 Å². The molecule has 116 valence electrons. The molecule has 2 rings (SSSR count). The molecule has 0 spiro atoms. The second-order valence-corrected chi connectivity index (χ2v) is 4.92. The van der Waals surface area contributed by atoms with E-state index in [1.807, 2.05) is 19.1 Å². The topological polar surface area (TPSA) is 69.6 Å². The Balaban J connectivity index is 2.05. The zero-order chi connectivity index (χ0) is 16.3.